The van der Waals surface area contributed by atoms with Crippen LogP contribution in [0.3, 0.4) is 0 Å². The minimum Gasteiger partial charge on any atom is -0.493 e. The van der Waals surface area contributed by atoms with Crippen molar-refractivity contribution < 1.29 is 17.9 Å². The number of benzene rings is 2. The summed E-state index contributed by atoms with van der Waals surface area (Å²) in [7, 11) is 0. The summed E-state index contributed by atoms with van der Waals surface area (Å²) in [5.74, 6) is 0.401. The largest absolute Gasteiger partial charge is 0.493 e. The van der Waals surface area contributed by atoms with E-state index >= 15 is 0 Å². The highest BCUT2D eigenvalue weighted by atomic mass is 19.4. The average molecular weight is 364 g/mol. The number of nitrogens with one attached hydrogen (secondary N) is 1. The Hall–Kier alpha value is -2.70. The summed E-state index contributed by atoms with van der Waals surface area (Å²) in [5, 5.41) is 0.877. The standard InChI is InChI=1S/C19H19F3N2O2/c20-19(21,22)6-2-1-3-7-26-14-10-17-15(18(25)11-14)8-12-4-5-13(23)9-16(12)24-17/h4-5,8-11,24H,1-3,6-7,23H2. The van der Waals surface area contributed by atoms with Crippen molar-refractivity contribution in [3.63, 3.8) is 0 Å². The fourth-order valence-corrected chi connectivity index (χ4v) is 2.84. The van der Waals surface area contributed by atoms with Crippen molar-refractivity contribution in [2.75, 3.05) is 12.3 Å². The van der Waals surface area contributed by atoms with Gasteiger partial charge < -0.3 is 15.5 Å². The molecule has 26 heavy (non-hydrogen) atoms. The highest BCUT2D eigenvalue weighted by molar-refractivity contribution is 5.87. The van der Waals surface area contributed by atoms with E-state index in [2.05, 4.69) is 4.98 Å². The SMILES string of the molecule is Nc1ccc2cc3c(=O)cc(OCCCCCC(F)(F)F)cc-3[nH]c2c1. The number of H-pyrrole nitrogens is 1. The number of unbranched alkanes of at least 4 members (excludes halogenated alkanes) is 2. The van der Waals surface area contributed by atoms with E-state index in [4.69, 9.17) is 10.5 Å². The van der Waals surface area contributed by atoms with E-state index in [1.165, 1.54) is 6.07 Å². The lowest BCUT2D eigenvalue weighted by Gasteiger charge is -2.12. The van der Waals surface area contributed by atoms with Gasteiger partial charge in [0.05, 0.1) is 12.3 Å². The topological polar surface area (TPSA) is 68.1 Å². The van der Waals surface area contributed by atoms with Gasteiger partial charge in [-0.25, -0.2) is 0 Å². The minimum atomic E-state index is -4.11. The van der Waals surface area contributed by atoms with E-state index in [0.29, 0.717) is 35.5 Å². The van der Waals surface area contributed by atoms with Crippen LogP contribution in [0.1, 0.15) is 25.7 Å². The van der Waals surface area contributed by atoms with Crippen LogP contribution in [-0.2, 0) is 0 Å². The number of fused-ring (bicyclic) bond motifs is 2. The maximum Gasteiger partial charge on any atom is 0.389 e. The molecule has 0 amide bonds. The summed E-state index contributed by atoms with van der Waals surface area (Å²) in [4.78, 5) is 15.5. The van der Waals surface area contributed by atoms with Crippen LogP contribution in [0, 0.1) is 0 Å². The molecule has 0 spiro atoms. The summed E-state index contributed by atoms with van der Waals surface area (Å²) in [6, 6.07) is 10.3. The van der Waals surface area contributed by atoms with Gasteiger partial charge in [0.2, 0.25) is 0 Å². The number of pyridine rings is 1. The number of rotatable bonds is 6. The molecule has 0 saturated heterocycles. The fourth-order valence-electron chi connectivity index (χ4n) is 2.84. The molecule has 0 aromatic heterocycles. The molecule has 1 heterocycles. The van der Waals surface area contributed by atoms with Crippen molar-refractivity contribution in [2.24, 2.45) is 0 Å². The van der Waals surface area contributed by atoms with E-state index in [-0.39, 0.29) is 18.5 Å². The van der Waals surface area contributed by atoms with Crippen LogP contribution in [0.15, 0.2) is 41.2 Å². The maximum atomic E-state index is 12.3. The van der Waals surface area contributed by atoms with Crippen LogP contribution in [0.4, 0.5) is 18.9 Å². The summed E-state index contributed by atoms with van der Waals surface area (Å²) in [5.41, 5.74) is 8.20. The van der Waals surface area contributed by atoms with Crippen LogP contribution >= 0.6 is 0 Å². The van der Waals surface area contributed by atoms with Gasteiger partial charge in [-0.3, -0.25) is 4.79 Å². The second-order valence-electron chi connectivity index (χ2n) is 6.27. The molecule has 0 atom stereocenters. The maximum absolute atomic E-state index is 12.3. The summed E-state index contributed by atoms with van der Waals surface area (Å²) in [6.45, 7) is 0.267. The van der Waals surface area contributed by atoms with Crippen molar-refractivity contribution in [1.82, 2.24) is 4.98 Å². The molecule has 0 bridgehead atoms. The Balaban J connectivity index is 1.69. The number of nitrogen functional groups attached to an aromatic ring is 1. The van der Waals surface area contributed by atoms with Gasteiger partial charge in [0.15, 0.2) is 5.43 Å². The number of alkyl halides is 3. The molecule has 4 nitrogen and oxygen atoms in total. The summed E-state index contributed by atoms with van der Waals surface area (Å²) < 4.78 is 41.8. The van der Waals surface area contributed by atoms with Gasteiger partial charge >= 0.3 is 6.18 Å². The Morgan fingerprint density at radius 1 is 1.04 bits per heavy atom. The van der Waals surface area contributed by atoms with Gasteiger partial charge in [-0.2, -0.15) is 13.2 Å². The summed E-state index contributed by atoms with van der Waals surface area (Å²) in [6.07, 6.45) is -3.89. The molecular formula is C19H19F3N2O2. The van der Waals surface area contributed by atoms with Crippen molar-refractivity contribution in [2.45, 2.75) is 31.9 Å². The third-order valence-electron chi connectivity index (χ3n) is 4.14. The van der Waals surface area contributed by atoms with E-state index in [1.54, 1.807) is 24.3 Å². The van der Waals surface area contributed by atoms with Gasteiger partial charge in [0.1, 0.15) is 5.75 Å². The first-order valence-corrected chi connectivity index (χ1v) is 8.38. The first-order valence-electron chi connectivity index (χ1n) is 8.38. The van der Waals surface area contributed by atoms with Crippen molar-refractivity contribution in [3.8, 4) is 17.0 Å². The van der Waals surface area contributed by atoms with Gasteiger partial charge in [0, 0.05) is 35.3 Å². The zero-order valence-electron chi connectivity index (χ0n) is 14.0. The van der Waals surface area contributed by atoms with Crippen LogP contribution in [0.2, 0.25) is 0 Å². The Morgan fingerprint density at radius 3 is 2.62 bits per heavy atom. The molecule has 0 fully saturated rings. The lowest BCUT2D eigenvalue weighted by atomic mass is 10.0. The quantitative estimate of drug-likeness (QED) is 0.378. The average Bonchev–Trinajstić information content (AvgIpc) is 2.55. The molecule has 0 unspecified atom stereocenters. The second kappa shape index (κ2) is 7.27. The number of nitrogens with two attached hydrogens (primary N) is 1. The Bertz CT molecular complexity index is 934. The molecule has 1 aromatic rings. The molecule has 1 aromatic carbocycles. The minimum absolute atomic E-state index is 0.0819. The van der Waals surface area contributed by atoms with Gasteiger partial charge in [-0.1, -0.05) is 6.07 Å². The second-order valence-corrected chi connectivity index (χ2v) is 6.27. The predicted octanol–water partition coefficient (Wildman–Crippen LogP) is 4.72. The van der Waals surface area contributed by atoms with Crippen LogP contribution < -0.4 is 15.9 Å². The lowest BCUT2D eigenvalue weighted by molar-refractivity contribution is -0.135. The zero-order chi connectivity index (χ0) is 18.7. The van der Waals surface area contributed by atoms with Gasteiger partial charge in [-0.15, -0.1) is 0 Å². The predicted molar refractivity (Wildman–Crippen MR) is 95.6 cm³/mol. The number of aromatic nitrogens is 1. The lowest BCUT2D eigenvalue weighted by Crippen LogP contribution is -2.09. The molecule has 2 aliphatic rings. The Kier molecular flexibility index (Phi) is 5.06. The number of anilines is 1. The Morgan fingerprint density at radius 2 is 1.85 bits per heavy atom. The molecule has 1 aliphatic carbocycles. The molecule has 3 rings (SSSR count). The molecule has 138 valence electrons. The number of halogens is 3. The van der Waals surface area contributed by atoms with Crippen LogP contribution in [0.25, 0.3) is 22.2 Å². The molecule has 7 heteroatoms. The number of hydrogen-bond donors (Lipinski definition) is 2. The zero-order valence-corrected chi connectivity index (χ0v) is 14.0. The van der Waals surface area contributed by atoms with Crippen molar-refractivity contribution in [1.29, 1.82) is 0 Å². The van der Waals surface area contributed by atoms with Crippen molar-refractivity contribution in [3.05, 3.63) is 46.6 Å². The highest BCUT2D eigenvalue weighted by Gasteiger charge is 2.25. The van der Waals surface area contributed by atoms with Crippen LogP contribution in [0.5, 0.6) is 5.75 Å². The molecule has 0 radical (unpaired) electrons. The fraction of sp³-hybridized carbons (Fsp3) is 0.316. The molecule has 1 aliphatic heterocycles. The van der Waals surface area contributed by atoms with E-state index in [0.717, 1.165) is 10.9 Å². The first kappa shape index (κ1) is 18.1. The normalized spacial score (nSPS) is 12.0. The number of hydrogen-bond acceptors (Lipinski definition) is 3. The monoisotopic (exact) mass is 364 g/mol. The van der Waals surface area contributed by atoms with E-state index in [9.17, 15) is 18.0 Å². The third-order valence-corrected chi connectivity index (χ3v) is 4.14. The molecule has 3 N–H and O–H groups in total. The van der Waals surface area contributed by atoms with Crippen LogP contribution in [-0.4, -0.2) is 17.8 Å². The highest BCUT2D eigenvalue weighted by Crippen LogP contribution is 2.27. The smallest absolute Gasteiger partial charge is 0.389 e. The van der Waals surface area contributed by atoms with E-state index in [1.807, 2.05) is 6.07 Å². The molecule has 0 saturated carbocycles. The van der Waals surface area contributed by atoms with Crippen molar-refractivity contribution >= 4 is 16.6 Å². The van der Waals surface area contributed by atoms with E-state index < -0.39 is 12.6 Å². The van der Waals surface area contributed by atoms with Gasteiger partial charge in [-0.05, 0) is 42.8 Å². The molecular weight excluding hydrogens is 345 g/mol. The number of ether oxygens (including phenoxy) is 1. The third kappa shape index (κ3) is 4.47. The number of aromatic amines is 1. The van der Waals surface area contributed by atoms with Gasteiger partial charge in [0.25, 0.3) is 0 Å². The first-order chi connectivity index (χ1) is 12.3. The Labute approximate surface area is 148 Å². The summed E-state index contributed by atoms with van der Waals surface area (Å²) >= 11 is 0.